The van der Waals surface area contributed by atoms with E-state index in [9.17, 15) is 9.59 Å². The molecule has 37 heavy (non-hydrogen) atoms. The molecule has 0 saturated heterocycles. The number of nitrogens with one attached hydrogen (secondary N) is 2. The molecule has 2 amide bonds. The lowest BCUT2D eigenvalue weighted by molar-refractivity contribution is -0.117. The largest absolute Gasteiger partial charge is 0.453 e. The highest BCUT2D eigenvalue weighted by Gasteiger charge is 2.15. The number of tetrazole rings is 1. The molecule has 2 aromatic carbocycles. The minimum atomic E-state index is -0.568. The fourth-order valence-electron chi connectivity index (χ4n) is 3.37. The van der Waals surface area contributed by atoms with Crippen LogP contribution in [0.1, 0.15) is 24.1 Å². The van der Waals surface area contributed by atoms with Gasteiger partial charge in [0.15, 0.2) is 5.15 Å². The smallest absolute Gasteiger partial charge is 0.411 e. The maximum absolute atomic E-state index is 12.7. The summed E-state index contributed by atoms with van der Waals surface area (Å²) < 4.78 is 6.06. The van der Waals surface area contributed by atoms with Crippen molar-refractivity contribution in [1.82, 2.24) is 35.7 Å². The quantitative estimate of drug-likeness (QED) is 0.328. The molecular weight excluding hydrogens is 519 g/mol. The zero-order chi connectivity index (χ0) is 26.4. The summed E-state index contributed by atoms with van der Waals surface area (Å²) in [5.74, 6) is -0.359. The molecule has 0 radical (unpaired) electrons. The first kappa shape index (κ1) is 25.7. The molecule has 2 N–H and O–H groups in total. The zero-order valence-corrected chi connectivity index (χ0v) is 21.1. The monoisotopic (exact) mass is 538 g/mol. The average Bonchev–Trinajstić information content (AvgIpc) is 3.43. The van der Waals surface area contributed by atoms with Gasteiger partial charge in [-0.15, -0.1) is 15.3 Å². The van der Waals surface area contributed by atoms with Crippen LogP contribution in [0.15, 0.2) is 60.9 Å². The molecule has 4 rings (SSSR count). The molecular formula is C24H20Cl2N8O3. The van der Waals surface area contributed by atoms with Gasteiger partial charge in [-0.2, -0.15) is 4.68 Å². The molecule has 0 saturated carbocycles. The maximum atomic E-state index is 12.7. The van der Waals surface area contributed by atoms with Crippen molar-refractivity contribution >= 4 is 47.0 Å². The van der Waals surface area contributed by atoms with Crippen molar-refractivity contribution in [3.8, 4) is 16.9 Å². The van der Waals surface area contributed by atoms with E-state index < -0.39 is 12.1 Å². The van der Waals surface area contributed by atoms with Gasteiger partial charge in [-0.1, -0.05) is 35.3 Å². The van der Waals surface area contributed by atoms with Gasteiger partial charge in [-0.3, -0.25) is 10.1 Å². The van der Waals surface area contributed by atoms with Gasteiger partial charge in [0.2, 0.25) is 5.91 Å². The SMILES string of the molecule is COC(=O)Nc1ccc(-c2cc(C(C)NC(=O)/C=C/c3cc(Cl)ccc3-n3cnnn3)c(Cl)nn2)cc1. The highest BCUT2D eigenvalue weighted by Crippen LogP contribution is 2.27. The molecule has 1 unspecified atom stereocenters. The number of rotatable bonds is 7. The van der Waals surface area contributed by atoms with Crippen LogP contribution in [-0.2, 0) is 9.53 Å². The number of halogens is 2. The minimum absolute atomic E-state index is 0.167. The molecule has 0 fully saturated rings. The third kappa shape index (κ3) is 6.46. The zero-order valence-electron chi connectivity index (χ0n) is 19.6. The second kappa shape index (κ2) is 11.6. The van der Waals surface area contributed by atoms with E-state index in [2.05, 4.69) is 41.1 Å². The van der Waals surface area contributed by atoms with Crippen molar-refractivity contribution in [2.24, 2.45) is 0 Å². The first-order chi connectivity index (χ1) is 17.8. The number of hydrogen-bond donors (Lipinski definition) is 2. The second-order valence-corrected chi connectivity index (χ2v) is 8.49. The lowest BCUT2D eigenvalue weighted by Gasteiger charge is -2.15. The van der Waals surface area contributed by atoms with E-state index >= 15 is 0 Å². The van der Waals surface area contributed by atoms with Crippen LogP contribution < -0.4 is 10.6 Å². The standard InChI is InChI=1S/C24H20Cl2N8O3/c1-14(28-22(35)10-5-16-11-17(25)6-9-21(16)34-13-27-32-33-34)19-12-20(30-31-23(19)26)15-3-7-18(8-4-15)29-24(36)37-2/h3-14H,1-2H3,(H,28,35)(H,29,36)/b10-5+. The van der Waals surface area contributed by atoms with E-state index in [4.69, 9.17) is 23.2 Å². The van der Waals surface area contributed by atoms with Crippen LogP contribution in [-0.4, -0.2) is 49.5 Å². The van der Waals surface area contributed by atoms with Crippen molar-refractivity contribution in [2.75, 3.05) is 12.4 Å². The molecule has 0 aliphatic heterocycles. The molecule has 1 atom stereocenters. The molecule has 0 aliphatic carbocycles. The van der Waals surface area contributed by atoms with Crippen LogP contribution in [0.25, 0.3) is 23.0 Å². The molecule has 0 spiro atoms. The number of ether oxygens (including phenoxy) is 1. The van der Waals surface area contributed by atoms with Crippen LogP contribution in [0.3, 0.4) is 0 Å². The number of aromatic nitrogens is 6. The Morgan fingerprint density at radius 2 is 1.86 bits per heavy atom. The van der Waals surface area contributed by atoms with Crippen molar-refractivity contribution in [3.63, 3.8) is 0 Å². The summed E-state index contributed by atoms with van der Waals surface area (Å²) in [6, 6.07) is 13.4. The highest BCUT2D eigenvalue weighted by atomic mass is 35.5. The van der Waals surface area contributed by atoms with E-state index in [0.717, 1.165) is 5.56 Å². The van der Waals surface area contributed by atoms with Crippen LogP contribution in [0, 0.1) is 0 Å². The highest BCUT2D eigenvalue weighted by molar-refractivity contribution is 6.31. The number of benzene rings is 2. The molecule has 2 aromatic heterocycles. The first-order valence-corrected chi connectivity index (χ1v) is 11.6. The molecule has 4 aromatic rings. The Bertz CT molecular complexity index is 1440. The Balaban J connectivity index is 1.48. The van der Waals surface area contributed by atoms with Gasteiger partial charge in [-0.25, -0.2) is 4.79 Å². The molecule has 2 heterocycles. The van der Waals surface area contributed by atoms with Gasteiger partial charge in [0.05, 0.1) is 24.5 Å². The summed E-state index contributed by atoms with van der Waals surface area (Å²) in [4.78, 5) is 24.1. The summed E-state index contributed by atoms with van der Waals surface area (Å²) in [7, 11) is 1.29. The molecule has 13 heteroatoms. The fourth-order valence-corrected chi connectivity index (χ4v) is 3.81. The Labute approximate surface area is 221 Å². The van der Waals surface area contributed by atoms with Gasteiger partial charge in [0.1, 0.15) is 6.33 Å². The number of hydrogen-bond acceptors (Lipinski definition) is 8. The third-order valence-electron chi connectivity index (χ3n) is 5.21. The van der Waals surface area contributed by atoms with Crippen molar-refractivity contribution < 1.29 is 14.3 Å². The summed E-state index contributed by atoms with van der Waals surface area (Å²) in [6.45, 7) is 1.79. The van der Waals surface area contributed by atoms with Gasteiger partial charge >= 0.3 is 6.09 Å². The van der Waals surface area contributed by atoms with Gasteiger partial charge < -0.3 is 10.1 Å². The summed E-state index contributed by atoms with van der Waals surface area (Å²) in [5, 5.41) is 25.5. The topological polar surface area (TPSA) is 137 Å². The number of anilines is 1. The van der Waals surface area contributed by atoms with E-state index in [-0.39, 0.29) is 11.1 Å². The molecule has 0 aliphatic rings. The van der Waals surface area contributed by atoms with E-state index in [1.165, 1.54) is 24.2 Å². The second-order valence-electron chi connectivity index (χ2n) is 7.69. The van der Waals surface area contributed by atoms with Crippen molar-refractivity contribution in [1.29, 1.82) is 0 Å². The Morgan fingerprint density at radius 1 is 1.08 bits per heavy atom. The van der Waals surface area contributed by atoms with Gasteiger partial charge in [-0.05, 0) is 59.8 Å². The molecule has 188 valence electrons. The lowest BCUT2D eigenvalue weighted by atomic mass is 10.1. The van der Waals surface area contributed by atoms with E-state index in [0.29, 0.717) is 33.2 Å². The van der Waals surface area contributed by atoms with Crippen LogP contribution in [0.2, 0.25) is 10.2 Å². The van der Waals surface area contributed by atoms with Crippen LogP contribution in [0.5, 0.6) is 0 Å². The fraction of sp³-hybridized carbons (Fsp3) is 0.125. The van der Waals surface area contributed by atoms with Crippen molar-refractivity contribution in [2.45, 2.75) is 13.0 Å². The predicted octanol–water partition coefficient (Wildman–Crippen LogP) is 4.50. The van der Waals surface area contributed by atoms with Crippen LogP contribution >= 0.6 is 23.2 Å². The lowest BCUT2D eigenvalue weighted by Crippen LogP contribution is -2.25. The van der Waals surface area contributed by atoms with Crippen LogP contribution in [0.4, 0.5) is 10.5 Å². The maximum Gasteiger partial charge on any atom is 0.411 e. The number of nitrogens with zero attached hydrogens (tertiary/aromatic N) is 6. The number of carbonyl (C=O) groups is 2. The average molecular weight is 539 g/mol. The van der Waals surface area contributed by atoms with Crippen molar-refractivity contribution in [3.05, 3.63) is 82.2 Å². The first-order valence-electron chi connectivity index (χ1n) is 10.8. The van der Waals surface area contributed by atoms with Gasteiger partial charge in [0, 0.05) is 33.5 Å². The summed E-state index contributed by atoms with van der Waals surface area (Å²) in [6.07, 6.45) is 3.88. The van der Waals surface area contributed by atoms with Gasteiger partial charge in [0.25, 0.3) is 0 Å². The predicted molar refractivity (Wildman–Crippen MR) is 138 cm³/mol. The Kier molecular flexibility index (Phi) is 8.06. The van der Waals surface area contributed by atoms with E-state index in [1.807, 2.05) is 0 Å². The summed E-state index contributed by atoms with van der Waals surface area (Å²) >= 11 is 12.4. The number of methoxy groups -OCH3 is 1. The number of amides is 2. The third-order valence-corrected chi connectivity index (χ3v) is 5.74. The summed E-state index contributed by atoms with van der Waals surface area (Å²) in [5.41, 5.74) is 3.75. The Hall–Kier alpha value is -4.35. The normalized spacial score (nSPS) is 11.8. The number of carbonyl (C=O) groups excluding carboxylic acids is 2. The molecule has 0 bridgehead atoms. The van der Waals surface area contributed by atoms with E-state index in [1.54, 1.807) is 61.5 Å². The molecule has 11 nitrogen and oxygen atoms in total. The Morgan fingerprint density at radius 3 is 2.57 bits per heavy atom. The minimum Gasteiger partial charge on any atom is -0.453 e.